The first kappa shape index (κ1) is 13.4. The Labute approximate surface area is 120 Å². The lowest BCUT2D eigenvalue weighted by Gasteiger charge is -2.34. The van der Waals surface area contributed by atoms with Crippen LogP contribution in [-0.4, -0.2) is 9.55 Å². The zero-order valence-corrected chi connectivity index (χ0v) is 12.6. The molecule has 3 heteroatoms. The van der Waals surface area contributed by atoms with Crippen LogP contribution in [-0.2, 0) is 13.0 Å². The second kappa shape index (κ2) is 4.74. The van der Waals surface area contributed by atoms with E-state index >= 15 is 0 Å². The molecule has 2 aromatic rings. The molecule has 1 aliphatic rings. The van der Waals surface area contributed by atoms with Gasteiger partial charge in [-0.25, -0.2) is 0 Å². The zero-order valence-electron chi connectivity index (χ0n) is 12.6. The Hall–Kier alpha value is -1.61. The third-order valence-corrected chi connectivity index (χ3v) is 4.42. The summed E-state index contributed by atoms with van der Waals surface area (Å²) in [7, 11) is 0. The van der Waals surface area contributed by atoms with Crippen LogP contribution >= 0.6 is 0 Å². The van der Waals surface area contributed by atoms with Crippen molar-refractivity contribution in [2.24, 2.45) is 11.1 Å². The Bertz CT molecular complexity index is 625. The highest BCUT2D eigenvalue weighted by Crippen LogP contribution is 2.40. The highest BCUT2D eigenvalue weighted by molar-refractivity contribution is 5.32. The summed E-state index contributed by atoms with van der Waals surface area (Å²) in [6.07, 6.45) is 8.16. The molecule has 2 aromatic heterocycles. The van der Waals surface area contributed by atoms with E-state index < -0.39 is 0 Å². The molecule has 0 aliphatic heterocycles. The van der Waals surface area contributed by atoms with Crippen LogP contribution in [0.2, 0.25) is 0 Å². The van der Waals surface area contributed by atoms with Gasteiger partial charge in [0.1, 0.15) is 0 Å². The predicted octanol–water partition coefficient (Wildman–Crippen LogP) is 3.21. The lowest BCUT2D eigenvalue weighted by Crippen LogP contribution is -2.30. The van der Waals surface area contributed by atoms with Gasteiger partial charge < -0.3 is 10.3 Å². The predicted molar refractivity (Wildman–Crippen MR) is 81.5 cm³/mol. The van der Waals surface area contributed by atoms with Crippen LogP contribution < -0.4 is 5.73 Å². The average molecular weight is 269 g/mol. The van der Waals surface area contributed by atoms with Gasteiger partial charge in [0.2, 0.25) is 0 Å². The van der Waals surface area contributed by atoms with E-state index in [1.165, 1.54) is 22.4 Å². The molecule has 1 aliphatic carbocycles. The number of hydrogen-bond acceptors (Lipinski definition) is 2. The average Bonchev–Trinajstić information content (AvgIpc) is 2.74. The number of fused-ring (bicyclic) bond motifs is 1. The minimum absolute atomic E-state index is 0.171. The maximum absolute atomic E-state index is 6.33. The molecule has 0 saturated carbocycles. The Kier molecular flexibility index (Phi) is 3.17. The molecule has 0 fully saturated rings. The first-order valence-corrected chi connectivity index (χ1v) is 7.29. The van der Waals surface area contributed by atoms with Gasteiger partial charge in [0, 0.05) is 36.9 Å². The molecule has 3 nitrogen and oxygen atoms in total. The van der Waals surface area contributed by atoms with Crippen molar-refractivity contribution in [1.29, 1.82) is 0 Å². The minimum atomic E-state index is 0.171. The summed E-state index contributed by atoms with van der Waals surface area (Å²) < 4.78 is 2.35. The first-order valence-electron chi connectivity index (χ1n) is 7.29. The van der Waals surface area contributed by atoms with Gasteiger partial charge in [0.25, 0.3) is 0 Å². The number of nitrogens with two attached hydrogens (primary N) is 1. The monoisotopic (exact) mass is 269 g/mol. The molecule has 0 amide bonds. The molecule has 2 heterocycles. The largest absolute Gasteiger partial charge is 0.347 e. The number of nitrogens with zero attached hydrogens (tertiary/aromatic N) is 2. The summed E-state index contributed by atoms with van der Waals surface area (Å²) in [6, 6.07) is 4.44. The number of pyridine rings is 1. The minimum Gasteiger partial charge on any atom is -0.347 e. The SMILES string of the molecule is Cc1ccncc1Cn1ccc2c1CC(C)(C)CC2N. The second-order valence-corrected chi connectivity index (χ2v) is 6.80. The van der Waals surface area contributed by atoms with Gasteiger partial charge in [-0.3, -0.25) is 4.98 Å². The fraction of sp³-hybridized carbons (Fsp3) is 0.471. The molecule has 106 valence electrons. The molecular formula is C17H23N3. The third-order valence-electron chi connectivity index (χ3n) is 4.42. The maximum Gasteiger partial charge on any atom is 0.0490 e. The quantitative estimate of drug-likeness (QED) is 0.909. The van der Waals surface area contributed by atoms with Crippen LogP contribution in [0.25, 0.3) is 0 Å². The molecule has 2 N–H and O–H groups in total. The van der Waals surface area contributed by atoms with E-state index in [2.05, 4.69) is 48.7 Å². The van der Waals surface area contributed by atoms with E-state index in [1.54, 1.807) is 0 Å². The van der Waals surface area contributed by atoms with Crippen molar-refractivity contribution < 1.29 is 0 Å². The van der Waals surface area contributed by atoms with E-state index in [9.17, 15) is 0 Å². The number of aromatic nitrogens is 2. The van der Waals surface area contributed by atoms with Crippen LogP contribution in [0.1, 0.15) is 48.7 Å². The lowest BCUT2D eigenvalue weighted by atomic mass is 9.74. The summed E-state index contributed by atoms with van der Waals surface area (Å²) >= 11 is 0. The molecule has 3 rings (SSSR count). The molecule has 20 heavy (non-hydrogen) atoms. The van der Waals surface area contributed by atoms with E-state index in [1.807, 2.05) is 12.4 Å². The van der Waals surface area contributed by atoms with Crippen molar-refractivity contribution in [3.8, 4) is 0 Å². The number of hydrogen-bond donors (Lipinski definition) is 1. The van der Waals surface area contributed by atoms with Crippen molar-refractivity contribution in [3.05, 3.63) is 53.1 Å². The molecule has 1 atom stereocenters. The molecule has 0 spiro atoms. The topological polar surface area (TPSA) is 43.8 Å². The number of rotatable bonds is 2. The van der Waals surface area contributed by atoms with Gasteiger partial charge in [-0.05, 0) is 54.0 Å². The standard InChI is InChI=1S/C17H23N3/c1-12-4-6-19-10-13(12)11-20-7-5-14-15(18)8-17(2,3)9-16(14)20/h4-7,10,15H,8-9,11,18H2,1-3H3. The highest BCUT2D eigenvalue weighted by Gasteiger charge is 2.32. The maximum atomic E-state index is 6.33. The van der Waals surface area contributed by atoms with Crippen LogP contribution in [0.5, 0.6) is 0 Å². The van der Waals surface area contributed by atoms with Gasteiger partial charge in [-0.15, -0.1) is 0 Å². The molecular weight excluding hydrogens is 246 g/mol. The summed E-state index contributed by atoms with van der Waals surface area (Å²) in [5, 5.41) is 0. The Balaban J connectivity index is 1.95. The zero-order chi connectivity index (χ0) is 14.3. The molecule has 0 aromatic carbocycles. The summed E-state index contributed by atoms with van der Waals surface area (Å²) in [5.74, 6) is 0. The van der Waals surface area contributed by atoms with E-state index in [4.69, 9.17) is 5.73 Å². The van der Waals surface area contributed by atoms with Crippen LogP contribution in [0.4, 0.5) is 0 Å². The lowest BCUT2D eigenvalue weighted by molar-refractivity contribution is 0.276. The highest BCUT2D eigenvalue weighted by atomic mass is 15.0. The van der Waals surface area contributed by atoms with Gasteiger partial charge in [0.15, 0.2) is 0 Å². The van der Waals surface area contributed by atoms with Crippen molar-refractivity contribution >= 4 is 0 Å². The summed E-state index contributed by atoms with van der Waals surface area (Å²) in [5.41, 5.74) is 11.9. The van der Waals surface area contributed by atoms with Crippen LogP contribution in [0.15, 0.2) is 30.7 Å². The van der Waals surface area contributed by atoms with Crippen LogP contribution in [0, 0.1) is 12.3 Å². The fourth-order valence-corrected chi connectivity index (χ4v) is 3.29. The third kappa shape index (κ3) is 2.38. The van der Waals surface area contributed by atoms with E-state index in [0.717, 1.165) is 19.4 Å². The molecule has 1 unspecified atom stereocenters. The number of aryl methyl sites for hydroxylation is 1. The molecule has 0 radical (unpaired) electrons. The van der Waals surface area contributed by atoms with Gasteiger partial charge in [-0.1, -0.05) is 13.8 Å². The van der Waals surface area contributed by atoms with Crippen molar-refractivity contribution in [2.45, 2.75) is 46.2 Å². The van der Waals surface area contributed by atoms with Crippen molar-refractivity contribution in [2.75, 3.05) is 0 Å². The molecule has 0 bridgehead atoms. The summed E-state index contributed by atoms with van der Waals surface area (Å²) in [4.78, 5) is 4.24. The van der Waals surface area contributed by atoms with Crippen molar-refractivity contribution in [1.82, 2.24) is 9.55 Å². The van der Waals surface area contributed by atoms with E-state index in [0.29, 0.717) is 0 Å². The fourth-order valence-electron chi connectivity index (χ4n) is 3.29. The van der Waals surface area contributed by atoms with Gasteiger partial charge in [0.05, 0.1) is 0 Å². The van der Waals surface area contributed by atoms with E-state index in [-0.39, 0.29) is 11.5 Å². The second-order valence-electron chi connectivity index (χ2n) is 6.80. The normalized spacial score (nSPS) is 20.7. The van der Waals surface area contributed by atoms with Crippen LogP contribution in [0.3, 0.4) is 0 Å². The van der Waals surface area contributed by atoms with Crippen molar-refractivity contribution in [3.63, 3.8) is 0 Å². The van der Waals surface area contributed by atoms with Gasteiger partial charge >= 0.3 is 0 Å². The molecule has 0 saturated heterocycles. The Morgan fingerprint density at radius 1 is 1.40 bits per heavy atom. The van der Waals surface area contributed by atoms with Gasteiger partial charge in [-0.2, -0.15) is 0 Å². The first-order chi connectivity index (χ1) is 9.46. The Morgan fingerprint density at radius 2 is 2.20 bits per heavy atom. The smallest absolute Gasteiger partial charge is 0.0490 e. The Morgan fingerprint density at radius 3 is 2.95 bits per heavy atom. The summed E-state index contributed by atoms with van der Waals surface area (Å²) in [6.45, 7) is 7.64.